The molecule has 2 heterocycles. The molecule has 1 atom stereocenters. The van der Waals surface area contributed by atoms with Crippen molar-refractivity contribution in [3.05, 3.63) is 42.2 Å². The number of aromatic nitrogens is 4. The van der Waals surface area contributed by atoms with Gasteiger partial charge in [0.1, 0.15) is 12.2 Å². The third-order valence-corrected chi connectivity index (χ3v) is 2.77. The maximum absolute atomic E-state index is 4.23. The molecule has 1 N–H and O–H groups in total. The molecule has 0 aliphatic carbocycles. The monoisotopic (exact) mass is 231 g/mol. The summed E-state index contributed by atoms with van der Waals surface area (Å²) in [4.78, 5) is 8.24. The molecule has 2 rings (SSSR count). The molecule has 0 bridgehead atoms. The lowest BCUT2D eigenvalue weighted by Gasteiger charge is -2.13. The second-order valence-electron chi connectivity index (χ2n) is 3.88. The van der Waals surface area contributed by atoms with Gasteiger partial charge in [0.05, 0.1) is 6.54 Å². The number of nitrogens with zero attached hydrogens (tertiary/aromatic N) is 4. The Kier molecular flexibility index (Phi) is 3.82. The van der Waals surface area contributed by atoms with Gasteiger partial charge in [-0.1, -0.05) is 0 Å². The van der Waals surface area contributed by atoms with Gasteiger partial charge in [-0.25, -0.2) is 9.67 Å². The van der Waals surface area contributed by atoms with Gasteiger partial charge in [0.15, 0.2) is 0 Å². The standard InChI is InChI=1S/C12H17N5/c1-3-17-12(15-9-16-17)8-14-10(2)11-4-6-13-7-5-11/h4-7,9-10,14H,3,8H2,1-2H3/t10-/m0/s1. The average molecular weight is 231 g/mol. The van der Waals surface area contributed by atoms with Crippen LogP contribution in [0, 0.1) is 0 Å². The molecule has 2 aromatic rings. The van der Waals surface area contributed by atoms with E-state index in [1.165, 1.54) is 5.56 Å². The summed E-state index contributed by atoms with van der Waals surface area (Å²) in [7, 11) is 0. The summed E-state index contributed by atoms with van der Waals surface area (Å²) in [6.07, 6.45) is 5.21. The SMILES string of the molecule is CCn1ncnc1CN[C@@H](C)c1ccncc1. The molecule has 2 aromatic heterocycles. The Balaban J connectivity index is 1.95. The predicted octanol–water partition coefficient (Wildman–Crippen LogP) is 1.54. The maximum Gasteiger partial charge on any atom is 0.140 e. The van der Waals surface area contributed by atoms with Gasteiger partial charge in [0.2, 0.25) is 0 Å². The minimum Gasteiger partial charge on any atom is -0.303 e. The molecule has 5 nitrogen and oxygen atoms in total. The van der Waals surface area contributed by atoms with Gasteiger partial charge in [-0.2, -0.15) is 5.10 Å². The summed E-state index contributed by atoms with van der Waals surface area (Å²) < 4.78 is 1.90. The largest absolute Gasteiger partial charge is 0.303 e. The predicted molar refractivity (Wildman–Crippen MR) is 65.2 cm³/mol. The molecule has 0 aliphatic rings. The zero-order valence-corrected chi connectivity index (χ0v) is 10.2. The van der Waals surface area contributed by atoms with E-state index < -0.39 is 0 Å². The molecule has 0 spiro atoms. The molecular weight excluding hydrogens is 214 g/mol. The van der Waals surface area contributed by atoms with E-state index in [2.05, 4.69) is 34.2 Å². The Hall–Kier alpha value is -1.75. The first kappa shape index (κ1) is 11.7. The fraction of sp³-hybridized carbons (Fsp3) is 0.417. The molecule has 5 heteroatoms. The van der Waals surface area contributed by atoms with Crippen LogP contribution in [-0.4, -0.2) is 19.7 Å². The molecule has 0 saturated carbocycles. The summed E-state index contributed by atoms with van der Waals surface area (Å²) in [5, 5.41) is 7.57. The van der Waals surface area contributed by atoms with E-state index in [9.17, 15) is 0 Å². The van der Waals surface area contributed by atoms with Gasteiger partial charge >= 0.3 is 0 Å². The van der Waals surface area contributed by atoms with Crippen molar-refractivity contribution in [2.24, 2.45) is 0 Å². The van der Waals surface area contributed by atoms with Crippen LogP contribution in [0.25, 0.3) is 0 Å². The second-order valence-corrected chi connectivity index (χ2v) is 3.88. The van der Waals surface area contributed by atoms with Crippen LogP contribution < -0.4 is 5.32 Å². The zero-order chi connectivity index (χ0) is 12.1. The zero-order valence-electron chi connectivity index (χ0n) is 10.2. The van der Waals surface area contributed by atoms with Crippen molar-refractivity contribution < 1.29 is 0 Å². The van der Waals surface area contributed by atoms with Crippen molar-refractivity contribution in [1.82, 2.24) is 25.1 Å². The first-order chi connectivity index (χ1) is 8.31. The van der Waals surface area contributed by atoms with E-state index >= 15 is 0 Å². The molecular formula is C12H17N5. The van der Waals surface area contributed by atoms with E-state index in [1.807, 2.05) is 29.2 Å². The van der Waals surface area contributed by atoms with Gasteiger partial charge in [-0.15, -0.1) is 0 Å². The Morgan fingerprint density at radius 1 is 1.35 bits per heavy atom. The maximum atomic E-state index is 4.23. The molecule has 0 saturated heterocycles. The van der Waals surface area contributed by atoms with Crippen LogP contribution in [0.1, 0.15) is 31.3 Å². The normalized spacial score (nSPS) is 12.6. The summed E-state index contributed by atoms with van der Waals surface area (Å²) in [6.45, 7) is 5.75. The van der Waals surface area contributed by atoms with E-state index in [4.69, 9.17) is 0 Å². The van der Waals surface area contributed by atoms with Gasteiger partial charge in [-0.3, -0.25) is 4.98 Å². The third-order valence-electron chi connectivity index (χ3n) is 2.77. The highest BCUT2D eigenvalue weighted by Gasteiger charge is 2.07. The summed E-state index contributed by atoms with van der Waals surface area (Å²) in [5.41, 5.74) is 1.22. The van der Waals surface area contributed by atoms with Crippen LogP contribution in [-0.2, 0) is 13.1 Å². The van der Waals surface area contributed by atoms with Crippen LogP contribution in [0.15, 0.2) is 30.9 Å². The molecule has 0 aliphatic heterocycles. The van der Waals surface area contributed by atoms with Crippen molar-refractivity contribution in [2.75, 3.05) is 0 Å². The first-order valence-corrected chi connectivity index (χ1v) is 5.81. The van der Waals surface area contributed by atoms with Crippen molar-refractivity contribution in [3.63, 3.8) is 0 Å². The van der Waals surface area contributed by atoms with Crippen molar-refractivity contribution in [1.29, 1.82) is 0 Å². The first-order valence-electron chi connectivity index (χ1n) is 5.81. The lowest BCUT2D eigenvalue weighted by Crippen LogP contribution is -2.21. The number of hydrogen-bond acceptors (Lipinski definition) is 4. The van der Waals surface area contributed by atoms with Gasteiger partial charge < -0.3 is 5.32 Å². The fourth-order valence-corrected chi connectivity index (χ4v) is 1.70. The number of aryl methyl sites for hydroxylation is 1. The highest BCUT2D eigenvalue weighted by atomic mass is 15.3. The Morgan fingerprint density at radius 3 is 2.82 bits per heavy atom. The minimum atomic E-state index is 0.278. The molecule has 90 valence electrons. The highest BCUT2D eigenvalue weighted by molar-refractivity contribution is 5.13. The molecule has 17 heavy (non-hydrogen) atoms. The number of hydrogen-bond donors (Lipinski definition) is 1. The second kappa shape index (κ2) is 5.54. The number of nitrogens with one attached hydrogen (secondary N) is 1. The molecule has 0 fully saturated rings. The van der Waals surface area contributed by atoms with Crippen molar-refractivity contribution in [3.8, 4) is 0 Å². The smallest absolute Gasteiger partial charge is 0.140 e. The number of pyridine rings is 1. The Morgan fingerprint density at radius 2 is 2.12 bits per heavy atom. The Labute approximate surface area is 101 Å². The molecule has 0 unspecified atom stereocenters. The van der Waals surface area contributed by atoms with Crippen LogP contribution in [0.5, 0.6) is 0 Å². The van der Waals surface area contributed by atoms with E-state index in [0.717, 1.165) is 18.9 Å². The van der Waals surface area contributed by atoms with Gasteiger partial charge in [0.25, 0.3) is 0 Å². The molecule has 0 amide bonds. The number of rotatable bonds is 5. The van der Waals surface area contributed by atoms with E-state index in [0.29, 0.717) is 0 Å². The molecule has 0 aromatic carbocycles. The van der Waals surface area contributed by atoms with Crippen LogP contribution in [0.3, 0.4) is 0 Å². The third kappa shape index (κ3) is 2.88. The average Bonchev–Trinajstić information content (AvgIpc) is 2.84. The quantitative estimate of drug-likeness (QED) is 0.848. The van der Waals surface area contributed by atoms with Crippen LogP contribution in [0.2, 0.25) is 0 Å². The Bertz CT molecular complexity index is 451. The summed E-state index contributed by atoms with van der Waals surface area (Å²) in [5.74, 6) is 0.966. The topological polar surface area (TPSA) is 55.6 Å². The minimum absolute atomic E-state index is 0.278. The van der Waals surface area contributed by atoms with E-state index in [1.54, 1.807) is 6.33 Å². The highest BCUT2D eigenvalue weighted by Crippen LogP contribution is 2.10. The van der Waals surface area contributed by atoms with Crippen LogP contribution >= 0.6 is 0 Å². The van der Waals surface area contributed by atoms with Gasteiger partial charge in [0, 0.05) is 25.0 Å². The van der Waals surface area contributed by atoms with Gasteiger partial charge in [-0.05, 0) is 31.5 Å². The van der Waals surface area contributed by atoms with Crippen molar-refractivity contribution >= 4 is 0 Å². The summed E-state index contributed by atoms with van der Waals surface area (Å²) in [6, 6.07) is 4.31. The summed E-state index contributed by atoms with van der Waals surface area (Å²) >= 11 is 0. The van der Waals surface area contributed by atoms with E-state index in [-0.39, 0.29) is 6.04 Å². The lowest BCUT2D eigenvalue weighted by atomic mass is 10.1. The fourth-order valence-electron chi connectivity index (χ4n) is 1.70. The van der Waals surface area contributed by atoms with Crippen LogP contribution in [0.4, 0.5) is 0 Å². The molecule has 0 radical (unpaired) electrons. The lowest BCUT2D eigenvalue weighted by molar-refractivity contribution is 0.523. The van der Waals surface area contributed by atoms with Crippen molar-refractivity contribution in [2.45, 2.75) is 33.0 Å².